The number of nitrogens with zero attached hydrogens (tertiary/aromatic N) is 1. The van der Waals surface area contributed by atoms with Gasteiger partial charge in [0.05, 0.1) is 19.4 Å². The zero-order valence-corrected chi connectivity index (χ0v) is 9.31. The van der Waals surface area contributed by atoms with Gasteiger partial charge >= 0.3 is 5.97 Å². The van der Waals surface area contributed by atoms with Crippen LogP contribution in [0.25, 0.3) is 0 Å². The lowest BCUT2D eigenvalue weighted by atomic mass is 10.1. The average molecular weight is 224 g/mol. The van der Waals surface area contributed by atoms with E-state index in [-0.39, 0.29) is 5.97 Å². The van der Waals surface area contributed by atoms with Crippen molar-refractivity contribution in [1.82, 2.24) is 4.57 Å². The maximum absolute atomic E-state index is 11.5. The van der Waals surface area contributed by atoms with Crippen LogP contribution >= 0.6 is 0 Å². The Morgan fingerprint density at radius 2 is 2.56 bits per heavy atom. The molecule has 1 fully saturated rings. The molecule has 88 valence electrons. The van der Waals surface area contributed by atoms with Crippen molar-refractivity contribution < 1.29 is 14.3 Å². The summed E-state index contributed by atoms with van der Waals surface area (Å²) in [7, 11) is 1.37. The molecule has 0 amide bonds. The fourth-order valence-corrected chi connectivity index (χ4v) is 1.96. The Morgan fingerprint density at radius 1 is 1.75 bits per heavy atom. The first-order chi connectivity index (χ1) is 7.70. The fourth-order valence-electron chi connectivity index (χ4n) is 1.96. The highest BCUT2D eigenvalue weighted by atomic mass is 16.5. The molecule has 0 radical (unpaired) electrons. The van der Waals surface area contributed by atoms with Crippen LogP contribution in [0.2, 0.25) is 0 Å². The Kier molecular flexibility index (Phi) is 3.14. The van der Waals surface area contributed by atoms with Crippen molar-refractivity contribution in [2.24, 2.45) is 5.92 Å². The average Bonchev–Trinajstić information content (AvgIpc) is 2.88. The predicted molar refractivity (Wildman–Crippen MR) is 59.1 cm³/mol. The van der Waals surface area contributed by atoms with Crippen LogP contribution in [0.1, 0.15) is 16.9 Å². The number of aromatic nitrogens is 1. The number of nitrogens with two attached hydrogens (primary N) is 1. The molecular weight excluding hydrogens is 208 g/mol. The first-order valence-electron chi connectivity index (χ1n) is 5.32. The van der Waals surface area contributed by atoms with E-state index >= 15 is 0 Å². The van der Waals surface area contributed by atoms with Gasteiger partial charge in [0.25, 0.3) is 0 Å². The minimum absolute atomic E-state index is 0.351. The SMILES string of the molecule is COC(=O)c1cc(N)cn1CC1CCOC1. The number of hydrogen-bond donors (Lipinski definition) is 1. The molecule has 1 aliphatic heterocycles. The van der Waals surface area contributed by atoms with E-state index in [0.717, 1.165) is 26.2 Å². The molecule has 2 rings (SSSR count). The first-order valence-corrected chi connectivity index (χ1v) is 5.32. The van der Waals surface area contributed by atoms with Gasteiger partial charge in [0.1, 0.15) is 5.69 Å². The highest BCUT2D eigenvalue weighted by Gasteiger charge is 2.20. The maximum Gasteiger partial charge on any atom is 0.354 e. The zero-order valence-electron chi connectivity index (χ0n) is 9.31. The lowest BCUT2D eigenvalue weighted by Crippen LogP contribution is -2.15. The smallest absolute Gasteiger partial charge is 0.354 e. The molecule has 1 aromatic heterocycles. The van der Waals surface area contributed by atoms with Crippen LogP contribution in [0.4, 0.5) is 5.69 Å². The van der Waals surface area contributed by atoms with Crippen LogP contribution in [0.3, 0.4) is 0 Å². The topological polar surface area (TPSA) is 66.5 Å². The molecule has 2 heterocycles. The maximum atomic E-state index is 11.5. The standard InChI is InChI=1S/C11H16N2O3/c1-15-11(14)10-4-9(12)6-13(10)5-8-2-3-16-7-8/h4,6,8H,2-3,5,7,12H2,1H3. The molecule has 0 aromatic carbocycles. The summed E-state index contributed by atoms with van der Waals surface area (Å²) in [4.78, 5) is 11.5. The van der Waals surface area contributed by atoms with Gasteiger partial charge in [-0.3, -0.25) is 0 Å². The van der Waals surface area contributed by atoms with Gasteiger partial charge in [-0.1, -0.05) is 0 Å². The van der Waals surface area contributed by atoms with E-state index in [1.165, 1.54) is 7.11 Å². The second kappa shape index (κ2) is 4.57. The molecule has 1 aromatic rings. The van der Waals surface area contributed by atoms with E-state index < -0.39 is 0 Å². The van der Waals surface area contributed by atoms with Crippen LogP contribution < -0.4 is 5.73 Å². The molecule has 5 nitrogen and oxygen atoms in total. The number of hydrogen-bond acceptors (Lipinski definition) is 4. The Bertz CT molecular complexity index is 381. The lowest BCUT2D eigenvalue weighted by molar-refractivity contribution is 0.0587. The summed E-state index contributed by atoms with van der Waals surface area (Å²) in [6, 6.07) is 1.64. The summed E-state index contributed by atoms with van der Waals surface area (Å²) in [5.74, 6) is 0.103. The van der Waals surface area contributed by atoms with Crippen molar-refractivity contribution in [1.29, 1.82) is 0 Å². The van der Waals surface area contributed by atoms with Gasteiger partial charge in [0.2, 0.25) is 0 Å². The largest absolute Gasteiger partial charge is 0.464 e. The van der Waals surface area contributed by atoms with Crippen molar-refractivity contribution in [3.8, 4) is 0 Å². The summed E-state index contributed by atoms with van der Waals surface area (Å²) < 4.78 is 11.9. The van der Waals surface area contributed by atoms with Gasteiger partial charge in [-0.25, -0.2) is 4.79 Å². The molecule has 0 saturated carbocycles. The number of methoxy groups -OCH3 is 1. The van der Waals surface area contributed by atoms with Crippen molar-refractivity contribution in [3.63, 3.8) is 0 Å². The van der Waals surface area contributed by atoms with Crippen molar-refractivity contribution in [3.05, 3.63) is 18.0 Å². The fraction of sp³-hybridized carbons (Fsp3) is 0.545. The molecule has 0 spiro atoms. The molecular formula is C11H16N2O3. The van der Waals surface area contributed by atoms with E-state index in [1.807, 2.05) is 4.57 Å². The van der Waals surface area contributed by atoms with Gasteiger partial charge in [-0.05, 0) is 12.5 Å². The van der Waals surface area contributed by atoms with Crippen LogP contribution in [0.5, 0.6) is 0 Å². The normalized spacial score (nSPS) is 19.9. The van der Waals surface area contributed by atoms with Gasteiger partial charge < -0.3 is 19.8 Å². The lowest BCUT2D eigenvalue weighted by Gasteiger charge is -2.11. The molecule has 0 aliphatic carbocycles. The zero-order chi connectivity index (χ0) is 11.5. The highest BCUT2D eigenvalue weighted by Crippen LogP contribution is 2.19. The Hall–Kier alpha value is -1.49. The number of carbonyl (C=O) groups excluding carboxylic acids is 1. The van der Waals surface area contributed by atoms with Gasteiger partial charge in [-0.15, -0.1) is 0 Å². The van der Waals surface area contributed by atoms with E-state index in [2.05, 4.69) is 0 Å². The minimum atomic E-state index is -0.351. The molecule has 16 heavy (non-hydrogen) atoms. The summed E-state index contributed by atoms with van der Waals surface area (Å²) in [6.07, 6.45) is 2.79. The van der Waals surface area contributed by atoms with Crippen molar-refractivity contribution in [2.45, 2.75) is 13.0 Å². The number of carbonyl (C=O) groups is 1. The summed E-state index contributed by atoms with van der Waals surface area (Å²) in [5.41, 5.74) is 6.78. The molecule has 5 heteroatoms. The van der Waals surface area contributed by atoms with Gasteiger partial charge in [-0.2, -0.15) is 0 Å². The summed E-state index contributed by atoms with van der Waals surface area (Å²) >= 11 is 0. The number of esters is 1. The molecule has 1 atom stereocenters. The predicted octanol–water partition coefficient (Wildman–Crippen LogP) is 0.893. The van der Waals surface area contributed by atoms with Crippen LogP contribution in [-0.2, 0) is 16.0 Å². The van der Waals surface area contributed by atoms with Crippen LogP contribution in [0, 0.1) is 5.92 Å². The van der Waals surface area contributed by atoms with E-state index in [4.69, 9.17) is 15.2 Å². The Balaban J connectivity index is 2.15. The van der Waals surface area contributed by atoms with E-state index in [9.17, 15) is 4.79 Å². The number of rotatable bonds is 3. The second-order valence-corrected chi connectivity index (χ2v) is 4.03. The molecule has 0 bridgehead atoms. The Labute approximate surface area is 94.1 Å². The second-order valence-electron chi connectivity index (χ2n) is 4.03. The Morgan fingerprint density at radius 3 is 3.19 bits per heavy atom. The monoisotopic (exact) mass is 224 g/mol. The third kappa shape index (κ3) is 2.19. The number of nitrogen functional groups attached to an aromatic ring is 1. The molecule has 1 aliphatic rings. The summed E-state index contributed by atoms with van der Waals surface area (Å²) in [5, 5.41) is 0. The number of ether oxygens (including phenoxy) is 2. The van der Waals surface area contributed by atoms with Gasteiger partial charge in [0, 0.05) is 25.3 Å². The molecule has 1 saturated heterocycles. The van der Waals surface area contributed by atoms with Crippen molar-refractivity contribution in [2.75, 3.05) is 26.1 Å². The van der Waals surface area contributed by atoms with Gasteiger partial charge in [0.15, 0.2) is 0 Å². The third-order valence-electron chi connectivity index (χ3n) is 2.79. The first kappa shape index (κ1) is 11.0. The van der Waals surface area contributed by atoms with E-state index in [1.54, 1.807) is 12.3 Å². The van der Waals surface area contributed by atoms with Crippen molar-refractivity contribution >= 4 is 11.7 Å². The quantitative estimate of drug-likeness (QED) is 0.774. The van der Waals surface area contributed by atoms with Crippen LogP contribution in [0.15, 0.2) is 12.3 Å². The third-order valence-corrected chi connectivity index (χ3v) is 2.79. The highest BCUT2D eigenvalue weighted by molar-refractivity contribution is 5.88. The van der Waals surface area contributed by atoms with E-state index in [0.29, 0.717) is 17.3 Å². The number of anilines is 1. The minimum Gasteiger partial charge on any atom is -0.464 e. The molecule has 1 unspecified atom stereocenters. The molecule has 2 N–H and O–H groups in total. The summed E-state index contributed by atoms with van der Waals surface area (Å²) in [6.45, 7) is 2.30. The van der Waals surface area contributed by atoms with Crippen LogP contribution in [-0.4, -0.2) is 30.9 Å².